The zero-order valence-electron chi connectivity index (χ0n) is 13.2. The van der Waals surface area contributed by atoms with Gasteiger partial charge in [-0.05, 0) is 51.6 Å². The minimum Gasteiger partial charge on any atom is -0.375 e. The largest absolute Gasteiger partial charge is 0.375 e. The van der Waals surface area contributed by atoms with E-state index in [9.17, 15) is 4.79 Å². The first-order valence-electron chi connectivity index (χ1n) is 8.39. The van der Waals surface area contributed by atoms with E-state index in [0.717, 1.165) is 38.8 Å². The van der Waals surface area contributed by atoms with Gasteiger partial charge in [0.05, 0.1) is 12.2 Å². The van der Waals surface area contributed by atoms with Crippen molar-refractivity contribution in [3.8, 4) is 0 Å². The van der Waals surface area contributed by atoms with Gasteiger partial charge in [0.15, 0.2) is 0 Å². The fourth-order valence-electron chi connectivity index (χ4n) is 3.96. The number of carbonyl (C=O) groups excluding carboxylic acids is 1. The molecular weight excluding hydrogens is 252 g/mol. The van der Waals surface area contributed by atoms with Gasteiger partial charge in [0.1, 0.15) is 0 Å². The summed E-state index contributed by atoms with van der Waals surface area (Å²) < 4.78 is 6.26. The molecule has 4 nitrogen and oxygen atoms in total. The van der Waals surface area contributed by atoms with Crippen LogP contribution in [0.2, 0.25) is 0 Å². The average molecular weight is 282 g/mol. The summed E-state index contributed by atoms with van der Waals surface area (Å²) >= 11 is 0. The minimum atomic E-state index is 0.253. The molecule has 0 spiro atoms. The molecular formula is C16H30N2O2. The molecule has 3 aliphatic rings. The lowest BCUT2D eigenvalue weighted by Crippen LogP contribution is -2.48. The van der Waals surface area contributed by atoms with Crippen LogP contribution in [-0.4, -0.2) is 48.2 Å². The minimum absolute atomic E-state index is 0.253. The van der Waals surface area contributed by atoms with Crippen LogP contribution in [0.4, 0.5) is 0 Å². The van der Waals surface area contributed by atoms with E-state index in [2.05, 4.69) is 10.2 Å². The van der Waals surface area contributed by atoms with Crippen LogP contribution in [0.5, 0.6) is 0 Å². The smallest absolute Gasteiger partial charge is 0.219 e. The number of hydrogen-bond acceptors (Lipinski definition) is 3. The van der Waals surface area contributed by atoms with Gasteiger partial charge < -0.3 is 15.0 Å². The molecule has 2 bridgehead atoms. The summed E-state index contributed by atoms with van der Waals surface area (Å²) in [5, 5.41) is 3.37. The standard InChI is InChI=1S/C14H24N2O2.C2H6/c1-10(17)16-11-2-3-12(16)9-14(8-11)18-13-4-6-15-7-5-13;1-2/h11-15H,2-9H2,1H3;1-2H3. The second kappa shape index (κ2) is 7.41. The quantitative estimate of drug-likeness (QED) is 0.845. The fourth-order valence-corrected chi connectivity index (χ4v) is 3.96. The van der Waals surface area contributed by atoms with E-state index in [1.807, 2.05) is 13.8 Å². The molecule has 116 valence electrons. The predicted octanol–water partition coefficient (Wildman–Crippen LogP) is 2.32. The van der Waals surface area contributed by atoms with E-state index >= 15 is 0 Å². The van der Waals surface area contributed by atoms with Gasteiger partial charge >= 0.3 is 0 Å². The third-order valence-corrected chi connectivity index (χ3v) is 4.72. The van der Waals surface area contributed by atoms with Crippen LogP contribution in [0.15, 0.2) is 0 Å². The lowest BCUT2D eigenvalue weighted by Gasteiger charge is -2.40. The summed E-state index contributed by atoms with van der Waals surface area (Å²) in [7, 11) is 0. The number of hydrogen-bond donors (Lipinski definition) is 1. The molecule has 3 heterocycles. The van der Waals surface area contributed by atoms with Crippen molar-refractivity contribution in [1.82, 2.24) is 10.2 Å². The van der Waals surface area contributed by atoms with Gasteiger partial charge in [-0.25, -0.2) is 0 Å². The number of ether oxygens (including phenoxy) is 1. The highest BCUT2D eigenvalue weighted by Crippen LogP contribution is 2.37. The molecule has 0 radical (unpaired) electrons. The maximum atomic E-state index is 11.6. The van der Waals surface area contributed by atoms with Gasteiger partial charge in [-0.3, -0.25) is 4.79 Å². The molecule has 0 aromatic heterocycles. The van der Waals surface area contributed by atoms with E-state index in [1.165, 1.54) is 12.8 Å². The highest BCUT2D eigenvalue weighted by molar-refractivity contribution is 5.74. The molecule has 3 rings (SSSR count). The van der Waals surface area contributed by atoms with Crippen LogP contribution < -0.4 is 5.32 Å². The number of carbonyl (C=O) groups is 1. The van der Waals surface area contributed by atoms with Crippen LogP contribution in [0.3, 0.4) is 0 Å². The Morgan fingerprint density at radius 3 is 2.05 bits per heavy atom. The summed E-state index contributed by atoms with van der Waals surface area (Å²) in [6.07, 6.45) is 7.58. The molecule has 0 aliphatic carbocycles. The van der Waals surface area contributed by atoms with Gasteiger partial charge in [-0.15, -0.1) is 0 Å². The Bertz CT molecular complexity index is 302. The third-order valence-electron chi connectivity index (χ3n) is 4.72. The third kappa shape index (κ3) is 3.53. The van der Waals surface area contributed by atoms with Crippen molar-refractivity contribution < 1.29 is 9.53 Å². The van der Waals surface area contributed by atoms with Gasteiger partial charge in [0.25, 0.3) is 0 Å². The van der Waals surface area contributed by atoms with Crippen LogP contribution >= 0.6 is 0 Å². The lowest BCUT2D eigenvalue weighted by atomic mass is 9.98. The van der Waals surface area contributed by atoms with Gasteiger partial charge in [0.2, 0.25) is 5.91 Å². The normalized spacial score (nSPS) is 33.5. The van der Waals surface area contributed by atoms with Crippen molar-refractivity contribution in [2.45, 2.75) is 83.6 Å². The molecule has 3 aliphatic heterocycles. The topological polar surface area (TPSA) is 41.6 Å². The van der Waals surface area contributed by atoms with Crippen molar-refractivity contribution in [2.24, 2.45) is 0 Å². The van der Waals surface area contributed by atoms with E-state index in [4.69, 9.17) is 4.74 Å². The Morgan fingerprint density at radius 1 is 1.00 bits per heavy atom. The van der Waals surface area contributed by atoms with Crippen LogP contribution in [0.25, 0.3) is 0 Å². The Kier molecular flexibility index (Phi) is 5.85. The number of nitrogens with zero attached hydrogens (tertiary/aromatic N) is 1. The highest BCUT2D eigenvalue weighted by Gasteiger charge is 2.42. The van der Waals surface area contributed by atoms with Crippen molar-refractivity contribution in [3.63, 3.8) is 0 Å². The average Bonchev–Trinajstić information content (AvgIpc) is 2.74. The molecule has 0 aromatic carbocycles. The Morgan fingerprint density at radius 2 is 1.55 bits per heavy atom. The second-order valence-electron chi connectivity index (χ2n) is 5.99. The number of amides is 1. The van der Waals surface area contributed by atoms with Gasteiger partial charge in [-0.2, -0.15) is 0 Å². The molecule has 1 N–H and O–H groups in total. The first-order chi connectivity index (χ1) is 9.74. The number of rotatable bonds is 2. The summed E-state index contributed by atoms with van der Waals surface area (Å²) in [5.41, 5.74) is 0. The van der Waals surface area contributed by atoms with E-state index in [0.29, 0.717) is 24.3 Å². The SMILES string of the molecule is CC.CC(=O)N1C2CCC1CC(OC1CCNCC1)C2. The van der Waals surface area contributed by atoms with E-state index < -0.39 is 0 Å². The van der Waals surface area contributed by atoms with E-state index in [1.54, 1.807) is 6.92 Å². The van der Waals surface area contributed by atoms with Crippen LogP contribution in [-0.2, 0) is 9.53 Å². The summed E-state index contributed by atoms with van der Waals surface area (Å²) in [6.45, 7) is 7.88. The molecule has 2 unspecified atom stereocenters. The molecule has 0 aromatic rings. The molecule has 3 fully saturated rings. The summed E-state index contributed by atoms with van der Waals surface area (Å²) in [5.74, 6) is 0.253. The Balaban J connectivity index is 0.000000704. The fraction of sp³-hybridized carbons (Fsp3) is 0.938. The highest BCUT2D eigenvalue weighted by atomic mass is 16.5. The monoisotopic (exact) mass is 282 g/mol. The zero-order valence-corrected chi connectivity index (χ0v) is 13.2. The first-order valence-corrected chi connectivity index (χ1v) is 8.39. The lowest BCUT2D eigenvalue weighted by molar-refractivity contribution is -0.137. The van der Waals surface area contributed by atoms with Crippen molar-refractivity contribution in [1.29, 1.82) is 0 Å². The van der Waals surface area contributed by atoms with Crippen LogP contribution in [0, 0.1) is 0 Å². The van der Waals surface area contributed by atoms with E-state index in [-0.39, 0.29) is 5.91 Å². The van der Waals surface area contributed by atoms with Crippen molar-refractivity contribution >= 4 is 5.91 Å². The van der Waals surface area contributed by atoms with Crippen LogP contribution in [0.1, 0.15) is 59.3 Å². The maximum absolute atomic E-state index is 11.6. The van der Waals surface area contributed by atoms with Gasteiger partial charge in [-0.1, -0.05) is 13.8 Å². The molecule has 4 heteroatoms. The Labute approximate surface area is 123 Å². The first kappa shape index (κ1) is 15.8. The molecule has 3 saturated heterocycles. The zero-order chi connectivity index (χ0) is 14.5. The number of piperidine rings is 2. The van der Waals surface area contributed by atoms with Gasteiger partial charge in [0, 0.05) is 19.0 Å². The molecule has 2 atom stereocenters. The number of nitrogens with one attached hydrogen (secondary N) is 1. The Hall–Kier alpha value is -0.610. The summed E-state index contributed by atoms with van der Waals surface area (Å²) in [4.78, 5) is 13.7. The predicted molar refractivity (Wildman–Crippen MR) is 80.7 cm³/mol. The number of fused-ring (bicyclic) bond motifs is 2. The molecule has 20 heavy (non-hydrogen) atoms. The van der Waals surface area contributed by atoms with Crippen molar-refractivity contribution in [3.05, 3.63) is 0 Å². The summed E-state index contributed by atoms with van der Waals surface area (Å²) in [6, 6.07) is 0.904. The molecule has 0 saturated carbocycles. The molecule has 1 amide bonds. The maximum Gasteiger partial charge on any atom is 0.219 e. The van der Waals surface area contributed by atoms with Crippen molar-refractivity contribution in [2.75, 3.05) is 13.1 Å². The second-order valence-corrected chi connectivity index (χ2v) is 5.99.